The van der Waals surface area contributed by atoms with Crippen molar-refractivity contribution in [1.29, 1.82) is 0 Å². The first-order chi connectivity index (χ1) is 9.19. The number of carboxylic acids is 1. The quantitative estimate of drug-likeness (QED) is 0.703. The SMILES string of the molecule is Cn1cc(C(NC(=O)CCNC(C)(C)C)C(=O)O)cn1. The van der Waals surface area contributed by atoms with Crippen LogP contribution in [0.3, 0.4) is 0 Å². The highest BCUT2D eigenvalue weighted by Crippen LogP contribution is 2.12. The van der Waals surface area contributed by atoms with Gasteiger partial charge in [-0.05, 0) is 20.8 Å². The Morgan fingerprint density at radius 1 is 1.45 bits per heavy atom. The van der Waals surface area contributed by atoms with Gasteiger partial charge in [-0.1, -0.05) is 0 Å². The smallest absolute Gasteiger partial charge is 0.331 e. The molecule has 7 heteroatoms. The molecule has 1 aromatic heterocycles. The second kappa shape index (κ2) is 6.51. The summed E-state index contributed by atoms with van der Waals surface area (Å²) in [6.07, 6.45) is 3.24. The molecule has 0 fully saturated rings. The number of amides is 1. The summed E-state index contributed by atoms with van der Waals surface area (Å²) < 4.78 is 1.50. The molecule has 1 heterocycles. The van der Waals surface area contributed by atoms with Crippen LogP contribution in [0.2, 0.25) is 0 Å². The fourth-order valence-corrected chi connectivity index (χ4v) is 1.66. The highest BCUT2D eigenvalue weighted by atomic mass is 16.4. The molecule has 0 aliphatic carbocycles. The van der Waals surface area contributed by atoms with E-state index in [1.807, 2.05) is 20.8 Å². The summed E-state index contributed by atoms with van der Waals surface area (Å²) in [6, 6.07) is -1.06. The summed E-state index contributed by atoms with van der Waals surface area (Å²) in [5, 5.41) is 18.8. The Bertz CT molecular complexity index is 476. The minimum atomic E-state index is -1.10. The fourth-order valence-electron chi connectivity index (χ4n) is 1.66. The van der Waals surface area contributed by atoms with Gasteiger partial charge in [-0.3, -0.25) is 9.48 Å². The van der Waals surface area contributed by atoms with E-state index in [1.165, 1.54) is 10.9 Å². The average molecular weight is 282 g/mol. The largest absolute Gasteiger partial charge is 0.479 e. The highest BCUT2D eigenvalue weighted by Gasteiger charge is 2.23. The van der Waals surface area contributed by atoms with Gasteiger partial charge in [0.2, 0.25) is 5.91 Å². The molecule has 112 valence electrons. The Labute approximate surface area is 118 Å². The van der Waals surface area contributed by atoms with E-state index >= 15 is 0 Å². The molecule has 20 heavy (non-hydrogen) atoms. The van der Waals surface area contributed by atoms with Crippen molar-refractivity contribution < 1.29 is 14.7 Å². The molecule has 0 spiro atoms. The van der Waals surface area contributed by atoms with Crippen LogP contribution in [0.1, 0.15) is 38.8 Å². The van der Waals surface area contributed by atoms with Crippen molar-refractivity contribution >= 4 is 11.9 Å². The van der Waals surface area contributed by atoms with Crippen LogP contribution in [0, 0.1) is 0 Å². The average Bonchev–Trinajstić information content (AvgIpc) is 2.70. The number of aliphatic carboxylic acids is 1. The van der Waals surface area contributed by atoms with Crippen LogP contribution >= 0.6 is 0 Å². The van der Waals surface area contributed by atoms with Crippen LogP contribution in [0.5, 0.6) is 0 Å². The van der Waals surface area contributed by atoms with Crippen molar-refractivity contribution in [2.24, 2.45) is 7.05 Å². The van der Waals surface area contributed by atoms with Gasteiger partial charge in [-0.2, -0.15) is 5.10 Å². The van der Waals surface area contributed by atoms with E-state index in [2.05, 4.69) is 15.7 Å². The lowest BCUT2D eigenvalue weighted by molar-refractivity contribution is -0.142. The Morgan fingerprint density at radius 2 is 2.10 bits per heavy atom. The molecule has 0 aliphatic rings. The lowest BCUT2D eigenvalue weighted by Crippen LogP contribution is -2.40. The number of rotatable bonds is 6. The molecule has 0 aromatic carbocycles. The van der Waals surface area contributed by atoms with Gasteiger partial charge < -0.3 is 15.7 Å². The number of aromatic nitrogens is 2. The molecule has 1 aromatic rings. The zero-order valence-corrected chi connectivity index (χ0v) is 12.3. The first-order valence-electron chi connectivity index (χ1n) is 6.45. The molecule has 1 rings (SSSR count). The molecular weight excluding hydrogens is 260 g/mol. The Balaban J connectivity index is 2.54. The van der Waals surface area contributed by atoms with Crippen LogP contribution in [-0.2, 0) is 16.6 Å². The molecule has 0 radical (unpaired) electrons. The van der Waals surface area contributed by atoms with Gasteiger partial charge >= 0.3 is 5.97 Å². The number of carbonyl (C=O) groups excluding carboxylic acids is 1. The lowest BCUT2D eigenvalue weighted by atomic mass is 10.1. The maximum atomic E-state index is 11.8. The van der Waals surface area contributed by atoms with E-state index in [1.54, 1.807) is 13.2 Å². The lowest BCUT2D eigenvalue weighted by Gasteiger charge is -2.20. The van der Waals surface area contributed by atoms with Gasteiger partial charge in [-0.15, -0.1) is 0 Å². The first-order valence-corrected chi connectivity index (χ1v) is 6.45. The van der Waals surface area contributed by atoms with Gasteiger partial charge in [0, 0.05) is 37.3 Å². The maximum Gasteiger partial charge on any atom is 0.331 e. The van der Waals surface area contributed by atoms with E-state index in [9.17, 15) is 14.7 Å². The van der Waals surface area contributed by atoms with Gasteiger partial charge in [-0.25, -0.2) is 4.79 Å². The van der Waals surface area contributed by atoms with Crippen LogP contribution < -0.4 is 10.6 Å². The van der Waals surface area contributed by atoms with Crippen LogP contribution in [-0.4, -0.2) is 38.8 Å². The van der Waals surface area contributed by atoms with E-state index in [0.29, 0.717) is 12.1 Å². The Morgan fingerprint density at radius 3 is 2.55 bits per heavy atom. The fraction of sp³-hybridized carbons (Fsp3) is 0.615. The minimum absolute atomic E-state index is 0.0736. The monoisotopic (exact) mass is 282 g/mol. The molecule has 3 N–H and O–H groups in total. The van der Waals surface area contributed by atoms with Crippen LogP contribution in [0.4, 0.5) is 0 Å². The van der Waals surface area contributed by atoms with Gasteiger partial charge in [0.1, 0.15) is 0 Å². The van der Waals surface area contributed by atoms with Gasteiger partial charge in [0.25, 0.3) is 0 Å². The topological polar surface area (TPSA) is 96.2 Å². The number of aryl methyl sites for hydroxylation is 1. The van der Waals surface area contributed by atoms with Crippen LogP contribution in [0.25, 0.3) is 0 Å². The number of carboxylic acid groups (broad SMARTS) is 1. The zero-order chi connectivity index (χ0) is 15.3. The number of hydrogen-bond acceptors (Lipinski definition) is 4. The summed E-state index contributed by atoms with van der Waals surface area (Å²) in [6.45, 7) is 6.50. The summed E-state index contributed by atoms with van der Waals surface area (Å²) in [5.74, 6) is -1.41. The van der Waals surface area contributed by atoms with E-state index < -0.39 is 12.0 Å². The van der Waals surface area contributed by atoms with Crippen molar-refractivity contribution in [3.8, 4) is 0 Å². The number of hydrogen-bond donors (Lipinski definition) is 3. The van der Waals surface area contributed by atoms with Crippen LogP contribution in [0.15, 0.2) is 12.4 Å². The predicted molar refractivity (Wildman–Crippen MR) is 74.1 cm³/mol. The summed E-state index contributed by atoms with van der Waals surface area (Å²) >= 11 is 0. The van der Waals surface area contributed by atoms with Crippen molar-refractivity contribution in [3.05, 3.63) is 18.0 Å². The first kappa shape index (κ1) is 16.2. The molecule has 0 saturated carbocycles. The standard InChI is InChI=1S/C13H22N4O3/c1-13(2,3)14-6-5-10(18)16-11(12(19)20)9-7-15-17(4)8-9/h7-8,11,14H,5-6H2,1-4H3,(H,16,18)(H,19,20). The van der Waals surface area contributed by atoms with Crippen molar-refractivity contribution in [3.63, 3.8) is 0 Å². The van der Waals surface area contributed by atoms with E-state index in [0.717, 1.165) is 0 Å². The summed E-state index contributed by atoms with van der Waals surface area (Å²) in [4.78, 5) is 23.0. The van der Waals surface area contributed by atoms with E-state index in [-0.39, 0.29) is 17.9 Å². The highest BCUT2D eigenvalue weighted by molar-refractivity contribution is 5.84. The maximum absolute atomic E-state index is 11.8. The van der Waals surface area contributed by atoms with E-state index in [4.69, 9.17) is 0 Å². The summed E-state index contributed by atoms with van der Waals surface area (Å²) in [7, 11) is 1.69. The van der Waals surface area contributed by atoms with Crippen molar-refractivity contribution in [2.75, 3.05) is 6.54 Å². The van der Waals surface area contributed by atoms with Gasteiger partial charge in [0.05, 0.1) is 6.20 Å². The second-order valence-corrected chi connectivity index (χ2v) is 5.71. The number of nitrogens with zero attached hydrogens (tertiary/aromatic N) is 2. The molecule has 1 unspecified atom stereocenters. The van der Waals surface area contributed by atoms with Gasteiger partial charge in [0.15, 0.2) is 6.04 Å². The molecule has 1 atom stereocenters. The third kappa shape index (κ3) is 5.40. The number of carbonyl (C=O) groups is 2. The molecule has 1 amide bonds. The predicted octanol–water partition coefficient (Wildman–Crippen LogP) is 0.440. The third-order valence-electron chi connectivity index (χ3n) is 2.62. The van der Waals surface area contributed by atoms with Crippen molar-refractivity contribution in [2.45, 2.75) is 38.8 Å². The molecular formula is C13H22N4O3. The molecule has 0 saturated heterocycles. The Kier molecular flexibility index (Phi) is 5.26. The Hall–Kier alpha value is -1.89. The third-order valence-corrected chi connectivity index (χ3v) is 2.62. The summed E-state index contributed by atoms with van der Waals surface area (Å²) in [5.41, 5.74) is 0.382. The molecule has 7 nitrogen and oxygen atoms in total. The normalized spacial score (nSPS) is 13.0. The number of nitrogens with one attached hydrogen (secondary N) is 2. The zero-order valence-electron chi connectivity index (χ0n) is 12.3. The molecule has 0 bridgehead atoms. The second-order valence-electron chi connectivity index (χ2n) is 5.71. The molecule has 0 aliphatic heterocycles. The minimum Gasteiger partial charge on any atom is -0.479 e. The van der Waals surface area contributed by atoms with Crippen molar-refractivity contribution in [1.82, 2.24) is 20.4 Å².